The third-order valence-electron chi connectivity index (χ3n) is 4.81. The van der Waals surface area contributed by atoms with E-state index in [1.165, 1.54) is 11.2 Å². The van der Waals surface area contributed by atoms with Crippen LogP contribution < -0.4 is 5.56 Å². The van der Waals surface area contributed by atoms with Gasteiger partial charge in [0.05, 0.1) is 19.0 Å². The summed E-state index contributed by atoms with van der Waals surface area (Å²) < 4.78 is 16.9. The number of aliphatic hydroxyl groups excluding tert-OH is 1. The first-order valence-electron chi connectivity index (χ1n) is 8.90. The number of nitrogens with zero attached hydrogens (tertiary/aromatic N) is 2. The lowest BCUT2D eigenvalue weighted by Gasteiger charge is -2.32. The number of carbonyl (C=O) groups excluding carboxylic acids is 1. The average Bonchev–Trinajstić information content (AvgIpc) is 3.24. The van der Waals surface area contributed by atoms with Crippen LogP contribution in [0.5, 0.6) is 0 Å². The highest BCUT2D eigenvalue weighted by Crippen LogP contribution is 2.46. The molecule has 0 aliphatic carbocycles. The molecule has 0 saturated carbocycles. The Balaban J connectivity index is 1.84. The van der Waals surface area contributed by atoms with E-state index in [-0.39, 0.29) is 23.6 Å². The van der Waals surface area contributed by atoms with Gasteiger partial charge in [0.15, 0.2) is 12.2 Å². The van der Waals surface area contributed by atoms with E-state index < -0.39 is 36.0 Å². The molecular weight excluding hydrogens is 368 g/mol. The summed E-state index contributed by atoms with van der Waals surface area (Å²) in [6.07, 6.45) is 1.03. The molecule has 0 spiro atoms. The van der Waals surface area contributed by atoms with E-state index in [2.05, 4.69) is 21.5 Å². The van der Waals surface area contributed by atoms with Crippen molar-refractivity contribution in [1.82, 2.24) is 19.9 Å². The molecule has 2 fully saturated rings. The molecule has 1 amide bonds. The number of aliphatic hydroxyl groups is 1. The number of fused-ring (bicyclic) bond motifs is 2. The number of hydrogen-bond acceptors (Lipinski definition) is 7. The Hall–Kier alpha value is -3.01. The lowest BCUT2D eigenvalue weighted by atomic mass is 10.0. The summed E-state index contributed by atoms with van der Waals surface area (Å²) in [7, 11) is 0. The van der Waals surface area contributed by atoms with Crippen LogP contribution in [0.1, 0.15) is 32.4 Å². The number of aromatic amines is 2. The topological polar surface area (TPSA) is 130 Å². The van der Waals surface area contributed by atoms with E-state index in [1.807, 2.05) is 0 Å². The Morgan fingerprint density at radius 2 is 2.07 bits per heavy atom. The summed E-state index contributed by atoms with van der Waals surface area (Å²) in [5.41, 5.74) is 0.182. The van der Waals surface area contributed by atoms with Crippen molar-refractivity contribution in [3.05, 3.63) is 41.0 Å². The maximum atomic E-state index is 13.0. The van der Waals surface area contributed by atoms with Gasteiger partial charge < -0.3 is 29.3 Å². The first kappa shape index (κ1) is 18.4. The number of aromatic nitrogens is 3. The van der Waals surface area contributed by atoms with Crippen LogP contribution in [0.3, 0.4) is 0 Å². The minimum absolute atomic E-state index is 0.118. The zero-order valence-electron chi connectivity index (χ0n) is 15.8. The molecule has 4 unspecified atom stereocenters. The first-order chi connectivity index (χ1) is 13.2. The molecule has 0 radical (unpaired) electrons. The summed E-state index contributed by atoms with van der Waals surface area (Å²) in [5.74, 6) is 0.118. The minimum Gasteiger partial charge on any atom is -0.456 e. The molecule has 2 aliphatic heterocycles. The number of likely N-dealkylation sites (tertiary alicyclic amines) is 1. The van der Waals surface area contributed by atoms with E-state index >= 15 is 0 Å². The third kappa shape index (κ3) is 2.80. The maximum Gasteiger partial charge on any atom is 0.411 e. The van der Waals surface area contributed by atoms with Crippen molar-refractivity contribution in [2.45, 2.75) is 50.7 Å². The second-order valence-corrected chi connectivity index (χ2v) is 7.82. The van der Waals surface area contributed by atoms with Crippen molar-refractivity contribution in [3.8, 4) is 0 Å². The molecule has 4 heterocycles. The Kier molecular flexibility index (Phi) is 4.11. The van der Waals surface area contributed by atoms with Gasteiger partial charge >= 0.3 is 6.09 Å². The Morgan fingerprint density at radius 3 is 2.75 bits per heavy atom. The predicted octanol–water partition coefficient (Wildman–Crippen LogP) is 1.16. The van der Waals surface area contributed by atoms with Gasteiger partial charge in [-0.05, 0) is 27.4 Å². The van der Waals surface area contributed by atoms with Crippen LogP contribution >= 0.6 is 0 Å². The highest BCUT2D eigenvalue weighted by Gasteiger charge is 2.59. The summed E-state index contributed by atoms with van der Waals surface area (Å²) in [6.45, 7) is 8.60. The normalized spacial score (nSPS) is 26.9. The fourth-order valence-corrected chi connectivity index (χ4v) is 3.81. The van der Waals surface area contributed by atoms with E-state index in [0.29, 0.717) is 11.1 Å². The van der Waals surface area contributed by atoms with Gasteiger partial charge in [0, 0.05) is 11.8 Å². The molecule has 150 valence electrons. The molecule has 10 heteroatoms. The standard InChI is InChI=1S/C18H22N4O6/c1-8-26-14-10(6-23)22(17(25)28-18(2,3)4)13(15(14)27-8)9-5-19-12-11(9)20-7-21-16(12)24/h5,7,10,13-15,19,23H,1,6H2,2-4H3,(H,20,21,24). The molecule has 28 heavy (non-hydrogen) atoms. The number of carbonyl (C=O) groups is 1. The van der Waals surface area contributed by atoms with Crippen molar-refractivity contribution >= 4 is 17.1 Å². The van der Waals surface area contributed by atoms with Gasteiger partial charge in [-0.3, -0.25) is 9.69 Å². The van der Waals surface area contributed by atoms with Crippen LogP contribution in [0.25, 0.3) is 11.0 Å². The van der Waals surface area contributed by atoms with Gasteiger partial charge in [-0.25, -0.2) is 9.78 Å². The minimum atomic E-state index is -0.736. The lowest BCUT2D eigenvalue weighted by molar-refractivity contribution is -0.0142. The predicted molar refractivity (Wildman–Crippen MR) is 97.3 cm³/mol. The van der Waals surface area contributed by atoms with E-state index in [1.54, 1.807) is 27.0 Å². The molecule has 4 atom stereocenters. The molecule has 0 aromatic carbocycles. The van der Waals surface area contributed by atoms with Crippen LogP contribution in [0, 0.1) is 0 Å². The van der Waals surface area contributed by atoms with Gasteiger partial charge in [0.2, 0.25) is 0 Å². The number of H-pyrrole nitrogens is 2. The Morgan fingerprint density at radius 1 is 1.36 bits per heavy atom. The van der Waals surface area contributed by atoms with E-state index in [4.69, 9.17) is 14.2 Å². The second-order valence-electron chi connectivity index (χ2n) is 7.82. The molecular formula is C18H22N4O6. The summed E-state index contributed by atoms with van der Waals surface area (Å²) in [6, 6.07) is -1.41. The zero-order valence-corrected chi connectivity index (χ0v) is 15.8. The number of rotatable bonds is 2. The molecule has 4 rings (SSSR count). The van der Waals surface area contributed by atoms with Gasteiger partial charge in [0.1, 0.15) is 22.7 Å². The smallest absolute Gasteiger partial charge is 0.411 e. The van der Waals surface area contributed by atoms with Crippen LogP contribution in [-0.4, -0.2) is 61.5 Å². The van der Waals surface area contributed by atoms with Crippen molar-refractivity contribution in [2.75, 3.05) is 6.61 Å². The lowest BCUT2D eigenvalue weighted by Crippen LogP contribution is -2.45. The van der Waals surface area contributed by atoms with Crippen molar-refractivity contribution in [3.63, 3.8) is 0 Å². The van der Waals surface area contributed by atoms with Crippen LogP contribution in [0.15, 0.2) is 29.8 Å². The van der Waals surface area contributed by atoms with Crippen LogP contribution in [0.4, 0.5) is 4.79 Å². The highest BCUT2D eigenvalue weighted by atomic mass is 16.7. The SMILES string of the molecule is C=C1OC2C(O1)C(c1c[nH]c3c(=O)[nH]cnc13)N(C(=O)OC(C)(C)C)C2CO. The zero-order chi connectivity index (χ0) is 20.2. The fraction of sp³-hybridized carbons (Fsp3) is 0.500. The van der Waals surface area contributed by atoms with Gasteiger partial charge in [-0.1, -0.05) is 0 Å². The fourth-order valence-electron chi connectivity index (χ4n) is 3.81. The molecule has 10 nitrogen and oxygen atoms in total. The number of hydrogen-bond donors (Lipinski definition) is 3. The number of amides is 1. The summed E-state index contributed by atoms with van der Waals surface area (Å²) in [4.78, 5) is 36.1. The molecule has 2 aromatic heterocycles. The van der Waals surface area contributed by atoms with E-state index in [9.17, 15) is 14.7 Å². The average molecular weight is 390 g/mol. The third-order valence-corrected chi connectivity index (χ3v) is 4.81. The van der Waals surface area contributed by atoms with Crippen molar-refractivity contribution in [2.24, 2.45) is 0 Å². The monoisotopic (exact) mass is 390 g/mol. The quantitative estimate of drug-likeness (QED) is 0.701. The largest absolute Gasteiger partial charge is 0.456 e. The first-order valence-corrected chi connectivity index (χ1v) is 8.90. The number of nitrogens with one attached hydrogen (secondary N) is 2. The van der Waals surface area contributed by atoms with Gasteiger partial charge in [-0.2, -0.15) is 0 Å². The number of ether oxygens (including phenoxy) is 3. The summed E-state index contributed by atoms with van der Waals surface area (Å²) in [5, 5.41) is 10.00. The molecule has 2 aromatic rings. The molecule has 2 aliphatic rings. The van der Waals surface area contributed by atoms with Gasteiger partial charge in [0.25, 0.3) is 11.5 Å². The molecule has 0 bridgehead atoms. The second kappa shape index (κ2) is 6.26. The highest BCUT2D eigenvalue weighted by molar-refractivity contribution is 5.80. The van der Waals surface area contributed by atoms with E-state index in [0.717, 1.165) is 0 Å². The molecule has 3 N–H and O–H groups in total. The Bertz CT molecular complexity index is 990. The van der Waals surface area contributed by atoms with Crippen LogP contribution in [-0.2, 0) is 14.2 Å². The van der Waals surface area contributed by atoms with Crippen molar-refractivity contribution < 1.29 is 24.1 Å². The van der Waals surface area contributed by atoms with Crippen LogP contribution in [0.2, 0.25) is 0 Å². The maximum absolute atomic E-state index is 13.0. The Labute approximate surface area is 160 Å². The van der Waals surface area contributed by atoms with Crippen molar-refractivity contribution in [1.29, 1.82) is 0 Å². The summed E-state index contributed by atoms with van der Waals surface area (Å²) >= 11 is 0. The van der Waals surface area contributed by atoms with Gasteiger partial charge in [-0.15, -0.1) is 0 Å². The molecule has 2 saturated heterocycles.